The topological polar surface area (TPSA) is 107 Å². The van der Waals surface area contributed by atoms with Crippen LogP contribution in [0.2, 0.25) is 0 Å². The first-order chi connectivity index (χ1) is 12.7. The Morgan fingerprint density at radius 2 is 1.82 bits per heavy atom. The van der Waals surface area contributed by atoms with Gasteiger partial charge in [0.2, 0.25) is 0 Å². The summed E-state index contributed by atoms with van der Waals surface area (Å²) in [5.74, 6) is -1.48. The number of halogens is 2. The number of carbonyl (C=O) groups excluding carboxylic acids is 2. The maximum absolute atomic E-state index is 13.7. The molecular weight excluding hydrogens is 506 g/mol. The molecule has 4 saturated carbocycles. The fourth-order valence-electron chi connectivity index (χ4n) is 5.45. The van der Waals surface area contributed by atoms with E-state index in [1.807, 2.05) is 22.6 Å². The van der Waals surface area contributed by atoms with E-state index in [9.17, 15) is 22.4 Å². The van der Waals surface area contributed by atoms with Crippen LogP contribution in [0.5, 0.6) is 0 Å². The fourth-order valence-corrected chi connectivity index (χ4v) is 6.11. The summed E-state index contributed by atoms with van der Waals surface area (Å²) in [6, 6.07) is 0. The van der Waals surface area contributed by atoms with E-state index in [1.165, 1.54) is 0 Å². The highest BCUT2D eigenvalue weighted by atomic mass is 127. The number of esters is 2. The lowest BCUT2D eigenvalue weighted by Crippen LogP contribution is -2.60. The maximum Gasteiger partial charge on any atom is 0.322 e. The number of rotatable bonds is 7. The molecule has 0 heterocycles. The van der Waals surface area contributed by atoms with Crippen LogP contribution in [0.4, 0.5) is 4.39 Å². The standard InChI is InChI=1S/C18H26FIO7S/c1-16(2,20)14(21)27-18-6-11-3-12(7-18)5-17(4-11,10-18)15(22)26-8-13(19)9-28(23,24)25/h11-13H,3-10H2,1-2H3,(H,23,24,25). The van der Waals surface area contributed by atoms with Gasteiger partial charge in [-0.25, -0.2) is 4.39 Å². The number of hydrogen-bond donors (Lipinski definition) is 1. The zero-order chi connectivity index (χ0) is 21.0. The Bertz CT molecular complexity index is 746. The molecule has 0 aromatic rings. The van der Waals surface area contributed by atoms with Gasteiger partial charge in [0.15, 0.2) is 6.17 Å². The molecule has 0 amide bonds. The first-order valence-electron chi connectivity index (χ1n) is 9.41. The summed E-state index contributed by atoms with van der Waals surface area (Å²) in [6.07, 6.45) is 2.04. The lowest BCUT2D eigenvalue weighted by molar-refractivity contribution is -0.213. The molecule has 4 fully saturated rings. The van der Waals surface area contributed by atoms with Crippen LogP contribution in [0.15, 0.2) is 0 Å². The van der Waals surface area contributed by atoms with Crippen molar-refractivity contribution in [3.63, 3.8) is 0 Å². The van der Waals surface area contributed by atoms with Gasteiger partial charge in [-0.3, -0.25) is 14.1 Å². The third kappa shape index (κ3) is 4.80. The van der Waals surface area contributed by atoms with Crippen molar-refractivity contribution in [2.45, 2.75) is 67.6 Å². The molecule has 10 heteroatoms. The normalized spacial score (nSPS) is 35.5. The van der Waals surface area contributed by atoms with Gasteiger partial charge in [0.05, 0.1) is 5.41 Å². The molecule has 0 saturated heterocycles. The number of alkyl halides is 2. The Hall–Kier alpha value is -0.490. The van der Waals surface area contributed by atoms with Gasteiger partial charge in [-0.2, -0.15) is 8.42 Å². The molecule has 28 heavy (non-hydrogen) atoms. The molecule has 0 aromatic heterocycles. The Morgan fingerprint density at radius 1 is 1.25 bits per heavy atom. The first-order valence-corrected chi connectivity index (χ1v) is 12.1. The van der Waals surface area contributed by atoms with Gasteiger partial charge < -0.3 is 9.47 Å². The molecule has 3 unspecified atom stereocenters. The van der Waals surface area contributed by atoms with E-state index >= 15 is 0 Å². The van der Waals surface area contributed by atoms with Crippen LogP contribution in [0.3, 0.4) is 0 Å². The minimum absolute atomic E-state index is 0.248. The first kappa shape index (κ1) is 22.2. The molecular formula is C18H26FIO7S. The predicted molar refractivity (Wildman–Crippen MR) is 106 cm³/mol. The maximum atomic E-state index is 13.7. The quantitative estimate of drug-likeness (QED) is 0.233. The van der Waals surface area contributed by atoms with Crippen molar-refractivity contribution in [3.05, 3.63) is 0 Å². The summed E-state index contributed by atoms with van der Waals surface area (Å²) in [5, 5.41) is 0. The molecule has 4 rings (SSSR count). The zero-order valence-electron chi connectivity index (χ0n) is 15.9. The monoisotopic (exact) mass is 532 g/mol. The Morgan fingerprint density at radius 3 is 2.32 bits per heavy atom. The van der Waals surface area contributed by atoms with Gasteiger partial charge in [0.25, 0.3) is 10.1 Å². The number of carbonyl (C=O) groups is 2. The highest BCUT2D eigenvalue weighted by molar-refractivity contribution is 14.1. The summed E-state index contributed by atoms with van der Waals surface area (Å²) < 4.78 is 54.3. The Balaban J connectivity index is 1.71. The van der Waals surface area contributed by atoms with Gasteiger partial charge in [-0.1, -0.05) is 22.6 Å². The van der Waals surface area contributed by atoms with E-state index in [-0.39, 0.29) is 17.8 Å². The summed E-state index contributed by atoms with van der Waals surface area (Å²) in [4.78, 5) is 25.3. The van der Waals surface area contributed by atoms with Crippen molar-refractivity contribution in [1.82, 2.24) is 0 Å². The van der Waals surface area contributed by atoms with Crippen molar-refractivity contribution in [2.75, 3.05) is 12.4 Å². The van der Waals surface area contributed by atoms with Crippen LogP contribution >= 0.6 is 22.6 Å². The van der Waals surface area contributed by atoms with Crippen LogP contribution < -0.4 is 0 Å². The van der Waals surface area contributed by atoms with Crippen molar-refractivity contribution in [2.24, 2.45) is 17.3 Å². The van der Waals surface area contributed by atoms with E-state index in [2.05, 4.69) is 0 Å². The highest BCUT2D eigenvalue weighted by Gasteiger charge is 2.63. The molecule has 0 aromatic carbocycles. The van der Waals surface area contributed by atoms with E-state index < -0.39 is 49.1 Å². The zero-order valence-corrected chi connectivity index (χ0v) is 18.9. The SMILES string of the molecule is CC(C)(I)C(=O)OC12CC3CC(C1)CC(C(=O)OCC(F)CS(=O)(=O)O)(C3)C2. The summed E-state index contributed by atoms with van der Waals surface area (Å²) in [5.41, 5.74) is -1.51. The number of ether oxygens (including phenoxy) is 2. The van der Waals surface area contributed by atoms with Gasteiger partial charge >= 0.3 is 11.9 Å². The molecule has 0 radical (unpaired) electrons. The smallest absolute Gasteiger partial charge is 0.322 e. The van der Waals surface area contributed by atoms with Crippen LogP contribution in [0.1, 0.15) is 52.4 Å². The average Bonchev–Trinajstić information content (AvgIpc) is 2.48. The van der Waals surface area contributed by atoms with Gasteiger partial charge in [0, 0.05) is 6.42 Å². The Kier molecular flexibility index (Phi) is 5.81. The highest BCUT2D eigenvalue weighted by Crippen LogP contribution is 2.63. The molecule has 1 N–H and O–H groups in total. The minimum atomic E-state index is -4.48. The number of hydrogen-bond acceptors (Lipinski definition) is 6. The van der Waals surface area contributed by atoms with Crippen LogP contribution in [0, 0.1) is 17.3 Å². The summed E-state index contributed by atoms with van der Waals surface area (Å²) in [6.45, 7) is 2.83. The fraction of sp³-hybridized carbons (Fsp3) is 0.889. The van der Waals surface area contributed by atoms with E-state index in [0.29, 0.717) is 19.3 Å². The molecule has 160 valence electrons. The Labute approximate surface area is 178 Å². The van der Waals surface area contributed by atoms with Crippen LogP contribution in [0.25, 0.3) is 0 Å². The van der Waals surface area contributed by atoms with Crippen LogP contribution in [-0.4, -0.2) is 52.5 Å². The van der Waals surface area contributed by atoms with Crippen LogP contribution in [-0.2, 0) is 29.2 Å². The van der Waals surface area contributed by atoms with Gasteiger partial charge in [-0.15, -0.1) is 0 Å². The molecule has 4 bridgehead atoms. The third-order valence-corrected chi connectivity index (χ3v) is 7.25. The van der Waals surface area contributed by atoms with Gasteiger partial charge in [-0.05, 0) is 57.8 Å². The van der Waals surface area contributed by atoms with Gasteiger partial charge in [0.1, 0.15) is 21.4 Å². The van der Waals surface area contributed by atoms with E-state index in [4.69, 9.17) is 14.0 Å². The third-order valence-electron chi connectivity index (χ3n) is 6.02. The molecule has 0 aliphatic heterocycles. The molecule has 4 aliphatic carbocycles. The van der Waals surface area contributed by atoms with Crippen molar-refractivity contribution in [1.29, 1.82) is 0 Å². The molecule has 7 nitrogen and oxygen atoms in total. The molecule has 0 spiro atoms. The second kappa shape index (κ2) is 7.33. The van der Waals surface area contributed by atoms with Crippen molar-refractivity contribution < 1.29 is 36.4 Å². The second-order valence-electron chi connectivity index (χ2n) is 9.23. The lowest BCUT2D eigenvalue weighted by atomic mass is 9.48. The average molecular weight is 532 g/mol. The molecule has 3 atom stereocenters. The van der Waals surface area contributed by atoms with E-state index in [1.54, 1.807) is 13.8 Å². The molecule has 4 aliphatic rings. The van der Waals surface area contributed by atoms with Crippen molar-refractivity contribution >= 4 is 44.6 Å². The second-order valence-corrected chi connectivity index (χ2v) is 13.4. The summed E-state index contributed by atoms with van der Waals surface area (Å²) >= 11 is 2.03. The largest absolute Gasteiger partial charge is 0.462 e. The summed E-state index contributed by atoms with van der Waals surface area (Å²) in [7, 11) is -4.48. The predicted octanol–water partition coefficient (Wildman–Crippen LogP) is 2.85. The minimum Gasteiger partial charge on any atom is -0.462 e. The lowest BCUT2D eigenvalue weighted by Gasteiger charge is -2.60. The van der Waals surface area contributed by atoms with Crippen molar-refractivity contribution in [3.8, 4) is 0 Å². The van der Waals surface area contributed by atoms with E-state index in [0.717, 1.165) is 19.3 Å².